The first-order valence-electron chi connectivity index (χ1n) is 10.3. The highest BCUT2D eigenvalue weighted by atomic mass is 16.2. The van der Waals surface area contributed by atoms with E-state index in [2.05, 4.69) is 20.8 Å². The summed E-state index contributed by atoms with van der Waals surface area (Å²) in [6.45, 7) is 7.06. The molecule has 0 N–H and O–H groups in total. The number of hydrogen-bond donors (Lipinski definition) is 0. The van der Waals surface area contributed by atoms with E-state index in [9.17, 15) is 9.59 Å². The molecule has 2 aliphatic heterocycles. The third kappa shape index (κ3) is 0.875. The van der Waals surface area contributed by atoms with Gasteiger partial charge in [-0.3, -0.25) is 0 Å². The third-order valence-electron chi connectivity index (χ3n) is 11.3. The number of hydrogen-bond acceptors (Lipinski definition) is 2. The van der Waals surface area contributed by atoms with E-state index in [1.54, 1.807) is 4.57 Å². The van der Waals surface area contributed by atoms with Crippen LogP contribution in [0.5, 0.6) is 0 Å². The second-order valence-electron chi connectivity index (χ2n) is 11.2. The summed E-state index contributed by atoms with van der Waals surface area (Å²) in [5.74, 6) is 5.47. The predicted octanol–water partition coefficient (Wildman–Crippen LogP) is 2.05. The minimum absolute atomic E-state index is 0.0280. The van der Waals surface area contributed by atoms with Crippen LogP contribution in [-0.4, -0.2) is 13.9 Å². The van der Waals surface area contributed by atoms with Gasteiger partial charge in [0.05, 0.1) is 12.1 Å². The third-order valence-corrected chi connectivity index (χ3v) is 11.3. The molecule has 4 unspecified atom stereocenters. The van der Waals surface area contributed by atoms with Crippen LogP contribution in [0.1, 0.15) is 58.2 Å². The number of rotatable bonds is 1. The molecule has 1 aromatic rings. The number of aromatic nitrogens is 3. The summed E-state index contributed by atoms with van der Waals surface area (Å²) in [5, 5.41) is 0. The zero-order valence-electron chi connectivity index (χ0n) is 15.1. The molecule has 0 spiro atoms. The van der Waals surface area contributed by atoms with Crippen molar-refractivity contribution in [2.45, 2.75) is 58.2 Å². The van der Waals surface area contributed by atoms with E-state index in [0.717, 1.165) is 48.3 Å². The Morgan fingerprint density at radius 3 is 1.76 bits per heavy atom. The maximum Gasteiger partial charge on any atom is 0.347 e. The minimum atomic E-state index is 0.0280. The lowest BCUT2D eigenvalue weighted by Gasteiger charge is -2.91. The summed E-state index contributed by atoms with van der Waals surface area (Å²) in [7, 11) is 0. The van der Waals surface area contributed by atoms with Gasteiger partial charge in [0.25, 0.3) is 0 Å². The standard InChI is InChI=1S/C20H25N3O2/c1-19(2)7-4-5-20(19,3)8(6-7)21-17(24)22-15-11-9-10-13(11)16(14(10)12(9)15)23(22)18(21)25/h7-16H,4-6H2,1-3H3/t7-,8+,9?,10?,11-,12+,13+,14-,15?,16?,20-/m0/s1. The molecular formula is C20H25N3O2. The molecule has 5 heteroatoms. The van der Waals surface area contributed by atoms with Crippen molar-refractivity contribution in [2.75, 3.05) is 0 Å². The van der Waals surface area contributed by atoms with Crippen LogP contribution in [0.2, 0.25) is 0 Å². The van der Waals surface area contributed by atoms with Crippen molar-refractivity contribution in [1.29, 1.82) is 0 Å². The van der Waals surface area contributed by atoms with E-state index in [-0.39, 0.29) is 28.3 Å². The van der Waals surface area contributed by atoms with Crippen molar-refractivity contribution in [3.05, 3.63) is 21.0 Å². The molecule has 6 fully saturated rings. The van der Waals surface area contributed by atoms with Crippen molar-refractivity contribution in [2.24, 2.45) is 52.3 Å². The fourth-order valence-electron chi connectivity index (χ4n) is 9.82. The molecular weight excluding hydrogens is 314 g/mol. The lowest BCUT2D eigenvalue weighted by atomic mass is 9.16. The first-order valence-corrected chi connectivity index (χ1v) is 10.3. The summed E-state index contributed by atoms with van der Waals surface area (Å²) in [5.41, 5.74) is 0.361. The number of fused-ring (bicyclic) bond motifs is 2. The summed E-state index contributed by atoms with van der Waals surface area (Å²) >= 11 is 0. The van der Waals surface area contributed by atoms with Crippen molar-refractivity contribution in [1.82, 2.24) is 13.9 Å². The van der Waals surface area contributed by atoms with Crippen LogP contribution in [0, 0.1) is 52.3 Å². The van der Waals surface area contributed by atoms with Gasteiger partial charge in [-0.05, 0) is 71.5 Å². The largest absolute Gasteiger partial charge is 0.347 e. The molecule has 9 rings (SSSR count). The van der Waals surface area contributed by atoms with Gasteiger partial charge in [0.2, 0.25) is 0 Å². The summed E-state index contributed by atoms with van der Waals surface area (Å²) < 4.78 is 5.62. The molecule has 4 bridgehead atoms. The van der Waals surface area contributed by atoms with Crippen LogP contribution in [-0.2, 0) is 0 Å². The van der Waals surface area contributed by atoms with Gasteiger partial charge in [0.15, 0.2) is 0 Å². The van der Waals surface area contributed by atoms with E-state index in [1.165, 1.54) is 6.42 Å². The van der Waals surface area contributed by atoms with Gasteiger partial charge in [0.1, 0.15) is 0 Å². The molecule has 6 aliphatic carbocycles. The molecule has 1 aromatic heterocycles. The zero-order chi connectivity index (χ0) is 16.8. The molecule has 11 atom stereocenters. The Hall–Kier alpha value is -1.26. The average molecular weight is 339 g/mol. The van der Waals surface area contributed by atoms with Crippen molar-refractivity contribution >= 4 is 0 Å². The maximum absolute atomic E-state index is 13.4. The summed E-state index contributed by atoms with van der Waals surface area (Å²) in [6, 6.07) is 0.845. The summed E-state index contributed by atoms with van der Waals surface area (Å²) in [4.78, 5) is 26.9. The molecule has 0 radical (unpaired) electrons. The fraction of sp³-hybridized carbons (Fsp3) is 0.900. The Labute approximate surface area is 146 Å². The Bertz CT molecular complexity index is 936. The van der Waals surface area contributed by atoms with Crippen molar-refractivity contribution < 1.29 is 0 Å². The van der Waals surface area contributed by atoms with Gasteiger partial charge < -0.3 is 0 Å². The minimum Gasteiger partial charge on any atom is -0.246 e. The Kier molecular flexibility index (Phi) is 1.62. The Balaban J connectivity index is 1.36. The second-order valence-corrected chi connectivity index (χ2v) is 11.2. The molecule has 3 heterocycles. The quantitative estimate of drug-likeness (QED) is 0.786. The van der Waals surface area contributed by atoms with Crippen LogP contribution < -0.4 is 11.4 Å². The van der Waals surface area contributed by atoms with Gasteiger partial charge in [0, 0.05) is 6.04 Å². The molecule has 0 saturated heterocycles. The first kappa shape index (κ1) is 13.0. The SMILES string of the molecule is CC1(C)[C@H]2CC[C@@]1(C)[C@H](n1c(=O)n3n(c1=O)C1[C@H]4C5C6[C@H](C3[C@H]64)[C@@H]51)C2. The Morgan fingerprint density at radius 2 is 1.36 bits per heavy atom. The van der Waals surface area contributed by atoms with E-state index in [1.807, 2.05) is 9.36 Å². The van der Waals surface area contributed by atoms with Gasteiger partial charge in [-0.2, -0.15) is 0 Å². The van der Waals surface area contributed by atoms with Crippen LogP contribution >= 0.6 is 0 Å². The highest BCUT2D eigenvalue weighted by Crippen LogP contribution is 2.91. The van der Waals surface area contributed by atoms with Gasteiger partial charge in [-0.1, -0.05) is 20.8 Å². The smallest absolute Gasteiger partial charge is 0.246 e. The predicted molar refractivity (Wildman–Crippen MR) is 90.2 cm³/mol. The molecule has 8 aliphatic rings. The van der Waals surface area contributed by atoms with Gasteiger partial charge >= 0.3 is 11.4 Å². The Morgan fingerprint density at radius 1 is 0.840 bits per heavy atom. The average Bonchev–Trinajstić information content (AvgIpc) is 2.99. The molecule has 25 heavy (non-hydrogen) atoms. The monoisotopic (exact) mass is 339 g/mol. The lowest BCUT2D eigenvalue weighted by Crippen LogP contribution is -2.91. The van der Waals surface area contributed by atoms with Crippen LogP contribution in [0.25, 0.3) is 0 Å². The molecule has 5 nitrogen and oxygen atoms in total. The molecule has 0 amide bonds. The van der Waals surface area contributed by atoms with Gasteiger partial charge in [-0.25, -0.2) is 23.5 Å². The van der Waals surface area contributed by atoms with Crippen molar-refractivity contribution in [3.8, 4) is 0 Å². The lowest BCUT2D eigenvalue weighted by molar-refractivity contribution is -0.450. The maximum atomic E-state index is 13.4. The highest BCUT2D eigenvalue weighted by Gasteiger charge is 2.90. The van der Waals surface area contributed by atoms with E-state index >= 15 is 0 Å². The topological polar surface area (TPSA) is 48.9 Å². The molecule has 132 valence electrons. The second kappa shape index (κ2) is 3.11. The summed E-state index contributed by atoms with van der Waals surface area (Å²) in [6.07, 6.45) is 3.43. The van der Waals surface area contributed by atoms with Crippen molar-refractivity contribution in [3.63, 3.8) is 0 Å². The highest BCUT2D eigenvalue weighted by molar-refractivity contribution is 5.37. The zero-order valence-corrected chi connectivity index (χ0v) is 15.1. The van der Waals surface area contributed by atoms with Crippen LogP contribution in [0.4, 0.5) is 0 Å². The van der Waals surface area contributed by atoms with E-state index < -0.39 is 0 Å². The molecule has 6 saturated carbocycles. The fourth-order valence-corrected chi connectivity index (χ4v) is 9.82. The molecule has 0 aromatic carbocycles. The van der Waals surface area contributed by atoms with E-state index in [4.69, 9.17) is 0 Å². The van der Waals surface area contributed by atoms with E-state index in [0.29, 0.717) is 18.0 Å². The first-order chi connectivity index (χ1) is 11.9. The normalized spacial score (nSPS) is 61.7. The van der Waals surface area contributed by atoms with Crippen LogP contribution in [0.15, 0.2) is 9.59 Å². The number of nitrogens with zero attached hydrogens (tertiary/aromatic N) is 3. The van der Waals surface area contributed by atoms with Crippen LogP contribution in [0.3, 0.4) is 0 Å². The van der Waals surface area contributed by atoms with Gasteiger partial charge in [-0.15, -0.1) is 0 Å².